The van der Waals surface area contributed by atoms with Crippen LogP contribution >= 0.6 is 0 Å². The second-order valence-corrected chi connectivity index (χ2v) is 22.5. The summed E-state index contributed by atoms with van der Waals surface area (Å²) in [5.74, 6) is -5.12. The van der Waals surface area contributed by atoms with Crippen molar-refractivity contribution >= 4 is 46.3 Å². The van der Waals surface area contributed by atoms with Crippen LogP contribution in [0, 0.1) is 17.6 Å². The molecule has 7 N–H and O–H groups in total. The monoisotopic (exact) mass is 1370 g/mol. The topological polar surface area (TPSA) is 383 Å². The molecule has 2 aromatic heterocycles. The molecule has 97 heavy (non-hydrogen) atoms. The number of rotatable bonds is 51. The van der Waals surface area contributed by atoms with Gasteiger partial charge in [0.05, 0.1) is 180 Å². The number of pyridine rings is 2. The molecule has 0 spiro atoms. The van der Waals surface area contributed by atoms with Crippen LogP contribution in [0.2, 0.25) is 0 Å². The van der Waals surface area contributed by atoms with E-state index in [1.807, 2.05) is 6.92 Å². The lowest BCUT2D eigenvalue weighted by atomic mass is 9.86. The number of primary amides is 1. The van der Waals surface area contributed by atoms with Crippen LogP contribution in [0.25, 0.3) is 32.7 Å². The summed E-state index contributed by atoms with van der Waals surface area (Å²) in [6.45, 7) is 14.9. The summed E-state index contributed by atoms with van der Waals surface area (Å²) in [5.41, 5.74) is 13.9. The van der Waals surface area contributed by atoms with Gasteiger partial charge in [-0.15, -0.1) is 0 Å². The minimum Gasteiger partial charge on any atom is -0.489 e. The Morgan fingerprint density at radius 2 is 1.25 bits per heavy atom. The predicted molar refractivity (Wildman–Crippen MR) is 346 cm³/mol. The number of aromatic nitrogens is 2. The summed E-state index contributed by atoms with van der Waals surface area (Å²) < 4.78 is 104. The van der Waals surface area contributed by atoms with E-state index in [1.165, 1.54) is 0 Å². The van der Waals surface area contributed by atoms with Crippen LogP contribution in [0.15, 0.2) is 46.3 Å². The summed E-state index contributed by atoms with van der Waals surface area (Å²) in [4.78, 5) is 86.0. The lowest BCUT2D eigenvalue weighted by Crippen LogP contribution is -2.54. The Morgan fingerprint density at radius 1 is 0.722 bits per heavy atom. The highest BCUT2D eigenvalue weighted by molar-refractivity contribution is 5.98. The second-order valence-electron chi connectivity index (χ2n) is 22.5. The molecular formula is C65H92F2N10O20. The number of aliphatic hydroxyl groups is 1. The van der Waals surface area contributed by atoms with Crippen molar-refractivity contribution in [1.82, 2.24) is 25.5 Å². The zero-order valence-electron chi connectivity index (χ0n) is 55.6. The zero-order chi connectivity index (χ0) is 69.8. The minimum absolute atomic E-state index is 0.000615. The van der Waals surface area contributed by atoms with Gasteiger partial charge in [0.15, 0.2) is 5.60 Å². The van der Waals surface area contributed by atoms with E-state index in [9.17, 15) is 33.9 Å². The number of esters is 1. The third kappa shape index (κ3) is 25.4. The van der Waals surface area contributed by atoms with E-state index < -0.39 is 82.7 Å². The molecule has 0 fully saturated rings. The highest BCUT2D eigenvalue weighted by atomic mass is 19.1. The number of aryl methyl sites for hydroxylation is 1. The van der Waals surface area contributed by atoms with Gasteiger partial charge in [-0.1, -0.05) is 32.8 Å². The zero-order valence-corrected chi connectivity index (χ0v) is 55.6. The number of urea groups is 1. The molecule has 0 unspecified atom stereocenters. The van der Waals surface area contributed by atoms with E-state index in [2.05, 4.69) is 31.3 Å². The highest BCUT2D eigenvalue weighted by Gasteiger charge is 2.45. The number of azide groups is 1. The Morgan fingerprint density at radius 3 is 1.74 bits per heavy atom. The second kappa shape index (κ2) is 43.0. The number of nitrogens with two attached hydrogens (primary N) is 1. The van der Waals surface area contributed by atoms with Gasteiger partial charge in [0.2, 0.25) is 17.7 Å². The first-order valence-electron chi connectivity index (χ1n) is 32.5. The first-order chi connectivity index (χ1) is 47.0. The van der Waals surface area contributed by atoms with Gasteiger partial charge < -0.3 is 98.3 Å². The fourth-order valence-electron chi connectivity index (χ4n) is 10.3. The van der Waals surface area contributed by atoms with Crippen molar-refractivity contribution in [1.29, 1.82) is 0 Å². The van der Waals surface area contributed by atoms with Crippen molar-refractivity contribution in [3.8, 4) is 17.1 Å². The summed E-state index contributed by atoms with van der Waals surface area (Å²) in [5, 5.41) is 25.6. The number of nitrogens with one attached hydrogen (secondary N) is 4. The molecule has 6 rings (SSSR count). The largest absolute Gasteiger partial charge is 0.489 e. The Balaban J connectivity index is 0.818. The number of benzene rings is 2. The fourth-order valence-corrected chi connectivity index (χ4v) is 10.3. The number of fused-ring (bicyclic) bond motifs is 5. The van der Waals surface area contributed by atoms with Gasteiger partial charge in [-0.25, -0.2) is 23.4 Å². The molecule has 30 nitrogen and oxygen atoms in total. The maximum absolute atomic E-state index is 15.8. The predicted octanol–water partition coefficient (Wildman–Crippen LogP) is 4.39. The number of hydrogen-bond acceptors (Lipinski definition) is 22. The minimum atomic E-state index is -1.98. The summed E-state index contributed by atoms with van der Waals surface area (Å²) in [6, 6.07) is 5.23. The molecule has 3 atom stereocenters. The number of ether oxygens (including phenoxy) is 13. The first kappa shape index (κ1) is 78.4. The van der Waals surface area contributed by atoms with Gasteiger partial charge in [-0.2, -0.15) is 0 Å². The van der Waals surface area contributed by atoms with Crippen molar-refractivity contribution in [2.75, 3.05) is 164 Å². The van der Waals surface area contributed by atoms with Crippen molar-refractivity contribution < 1.29 is 99.4 Å². The quantitative estimate of drug-likeness (QED) is 0.0103. The number of nitrogens with zero attached hydrogens (tertiary/aromatic N) is 5. The van der Waals surface area contributed by atoms with Gasteiger partial charge in [0, 0.05) is 46.6 Å². The molecule has 0 bridgehead atoms. The Labute approximate surface area is 561 Å². The molecule has 0 saturated carbocycles. The van der Waals surface area contributed by atoms with Crippen molar-refractivity contribution in [2.24, 2.45) is 16.8 Å². The lowest BCUT2D eigenvalue weighted by molar-refractivity contribution is -0.172. The van der Waals surface area contributed by atoms with Gasteiger partial charge in [-0.3, -0.25) is 19.2 Å². The van der Waals surface area contributed by atoms with Crippen molar-refractivity contribution in [3.63, 3.8) is 0 Å². The van der Waals surface area contributed by atoms with Crippen LogP contribution in [0.4, 0.5) is 19.3 Å². The molecule has 0 radical (unpaired) electrons. The lowest BCUT2D eigenvalue weighted by Gasteiger charge is -2.31. The number of anilines is 1. The number of halogens is 2. The third-order valence-electron chi connectivity index (χ3n) is 15.4. The number of carbonyl (C=O) groups is 5. The average molecular weight is 1370 g/mol. The molecule has 2 aliphatic rings. The van der Waals surface area contributed by atoms with Gasteiger partial charge in [-0.05, 0) is 79.1 Å². The van der Waals surface area contributed by atoms with Crippen LogP contribution in [0.1, 0.15) is 81.2 Å². The van der Waals surface area contributed by atoms with Gasteiger partial charge in [0.1, 0.15) is 42.7 Å². The van der Waals surface area contributed by atoms with E-state index >= 15 is 8.78 Å². The van der Waals surface area contributed by atoms with Crippen molar-refractivity contribution in [3.05, 3.63) is 96.6 Å². The molecule has 32 heteroatoms. The highest BCUT2D eigenvalue weighted by Crippen LogP contribution is 2.41. The van der Waals surface area contributed by atoms with Crippen molar-refractivity contribution in [2.45, 2.75) is 97.2 Å². The molecule has 4 heterocycles. The summed E-state index contributed by atoms with van der Waals surface area (Å²) in [6.07, 6.45) is 0.530. The molecule has 4 aromatic rings. The number of carbonyl (C=O) groups excluding carboxylic acids is 5. The van der Waals surface area contributed by atoms with Crippen LogP contribution in [0.3, 0.4) is 0 Å². The number of amides is 5. The maximum atomic E-state index is 15.8. The maximum Gasteiger partial charge on any atom is 0.343 e. The smallest absolute Gasteiger partial charge is 0.343 e. The molecule has 2 aromatic carbocycles. The normalized spacial score (nSPS) is 14.5. The SMILES string of the molecule is CCc1c2c(nc3ccc(OCc4c(F)cc(NC(=O)[C@H](CCCNC(N)=O)NC(=O)[C@@H](NC(=O)CCOCCOCCOCCOCCOCCOCCOCCOCCOCCOCCOCCN=[N+]=[N-])C(C)C)cc4F)cc13)-c1cc3c(c(=O)n1C2)COC(=O)[C@]3(O)CC. The Kier molecular flexibility index (Phi) is 34.7. The standard InChI is InChI=1S/C65H92F2N10O20/c1-5-46-47-38-45(9-10-54(47)73-59-48(46)40-77-56(59)39-51-49(62(77)81)41-97-63(82)65(51,84)6-2)96-42-50-52(66)36-44(37-53(50)67)72-60(79)55(8-7-12-70-64(68)83)74-61(80)58(43(3)4)75-57(78)11-14-85-16-18-87-20-22-89-24-26-91-28-30-93-32-34-95-35-33-94-31-29-92-27-25-90-23-21-88-19-17-86-15-13-71-76-69/h9-10,36-39,43,55,58,84H,5-8,11-35,40-42H2,1-4H3,(H,72,79)(H,74,80)(H,75,78)(H3,68,70,83)/t55-,58-,65-/m0/s1. The first-order valence-corrected chi connectivity index (χ1v) is 32.5. The van der Waals surface area contributed by atoms with Crippen LogP contribution in [-0.2, 0) is 108 Å². The van der Waals surface area contributed by atoms with E-state index in [0.717, 1.165) is 23.3 Å². The van der Waals surface area contributed by atoms with E-state index in [1.54, 1.807) is 49.6 Å². The average Bonchev–Trinajstić information content (AvgIpc) is 1.61. The van der Waals surface area contributed by atoms with E-state index in [0.29, 0.717) is 161 Å². The Hall–Kier alpha value is -7.56. The van der Waals surface area contributed by atoms with Gasteiger partial charge in [0.25, 0.3) is 5.56 Å². The van der Waals surface area contributed by atoms with Crippen LogP contribution < -0.4 is 37.3 Å². The van der Waals surface area contributed by atoms with E-state index in [4.69, 9.17) is 77.8 Å². The summed E-state index contributed by atoms with van der Waals surface area (Å²) in [7, 11) is 0. The molecular weight excluding hydrogens is 1280 g/mol. The molecule has 2 aliphatic heterocycles. The molecule has 536 valence electrons. The molecule has 0 saturated heterocycles. The summed E-state index contributed by atoms with van der Waals surface area (Å²) >= 11 is 0. The molecule has 5 amide bonds. The Bertz CT molecular complexity index is 3260. The van der Waals surface area contributed by atoms with Gasteiger partial charge >= 0.3 is 12.0 Å². The van der Waals surface area contributed by atoms with E-state index in [-0.39, 0.29) is 87.8 Å². The number of hydrogen-bond donors (Lipinski definition) is 6. The number of cyclic esters (lactones) is 1. The third-order valence-corrected chi connectivity index (χ3v) is 15.4. The van der Waals surface area contributed by atoms with Crippen LogP contribution in [0.5, 0.6) is 5.75 Å². The van der Waals surface area contributed by atoms with Crippen LogP contribution in [-0.4, -0.2) is 215 Å². The molecule has 0 aliphatic carbocycles. The fraction of sp³-hybridized carbons (Fsp3) is 0.615.